The van der Waals surface area contributed by atoms with Crippen molar-refractivity contribution in [2.24, 2.45) is 0 Å². The van der Waals surface area contributed by atoms with E-state index in [1.54, 1.807) is 6.20 Å². The standard InChI is InChI=1S/C19H23N5/c1-3-24(4-2)13-12-22-19-15-8-7-11-21-17(15)14-18(23-19)16-9-5-6-10-20-16/h5-11,14H,3-4,12-13H2,1-2H3,(H,22,23). The van der Waals surface area contributed by atoms with Gasteiger partial charge in [0.1, 0.15) is 5.82 Å². The summed E-state index contributed by atoms with van der Waals surface area (Å²) in [4.78, 5) is 16.1. The van der Waals surface area contributed by atoms with Gasteiger partial charge in [0.15, 0.2) is 0 Å². The van der Waals surface area contributed by atoms with Crippen molar-refractivity contribution in [3.05, 3.63) is 48.8 Å². The maximum absolute atomic E-state index is 4.79. The number of likely N-dealkylation sites (N-methyl/N-ethyl adjacent to an activating group) is 1. The lowest BCUT2D eigenvalue weighted by Gasteiger charge is -2.18. The minimum Gasteiger partial charge on any atom is -0.368 e. The number of rotatable bonds is 7. The van der Waals surface area contributed by atoms with E-state index < -0.39 is 0 Å². The second kappa shape index (κ2) is 7.84. The van der Waals surface area contributed by atoms with Crippen LogP contribution in [-0.4, -0.2) is 46.0 Å². The third-order valence-corrected chi connectivity index (χ3v) is 4.14. The molecule has 5 nitrogen and oxygen atoms in total. The highest BCUT2D eigenvalue weighted by Gasteiger charge is 2.09. The van der Waals surface area contributed by atoms with Gasteiger partial charge in [0.05, 0.1) is 16.9 Å². The van der Waals surface area contributed by atoms with E-state index in [0.29, 0.717) is 0 Å². The van der Waals surface area contributed by atoms with E-state index in [9.17, 15) is 0 Å². The molecular formula is C19H23N5. The minimum atomic E-state index is 0.840. The predicted molar refractivity (Wildman–Crippen MR) is 99.0 cm³/mol. The summed E-state index contributed by atoms with van der Waals surface area (Å²) in [5.41, 5.74) is 2.63. The Morgan fingerprint density at radius 3 is 2.54 bits per heavy atom. The van der Waals surface area contributed by atoms with Gasteiger partial charge in [-0.05, 0) is 43.4 Å². The third-order valence-electron chi connectivity index (χ3n) is 4.14. The topological polar surface area (TPSA) is 53.9 Å². The maximum Gasteiger partial charge on any atom is 0.136 e. The second-order valence-corrected chi connectivity index (χ2v) is 5.59. The quantitative estimate of drug-likeness (QED) is 0.722. The van der Waals surface area contributed by atoms with Crippen molar-refractivity contribution >= 4 is 16.7 Å². The Bertz CT molecular complexity index is 784. The van der Waals surface area contributed by atoms with Crippen molar-refractivity contribution in [2.75, 3.05) is 31.5 Å². The highest BCUT2D eigenvalue weighted by Crippen LogP contribution is 2.25. The van der Waals surface area contributed by atoms with E-state index in [0.717, 1.165) is 54.3 Å². The molecule has 0 atom stereocenters. The number of hydrogen-bond donors (Lipinski definition) is 1. The number of fused-ring (bicyclic) bond motifs is 1. The van der Waals surface area contributed by atoms with Gasteiger partial charge >= 0.3 is 0 Å². The molecule has 5 heteroatoms. The molecule has 0 fully saturated rings. The van der Waals surface area contributed by atoms with Crippen LogP contribution in [0.4, 0.5) is 5.82 Å². The van der Waals surface area contributed by atoms with Crippen molar-refractivity contribution in [1.29, 1.82) is 0 Å². The lowest BCUT2D eigenvalue weighted by atomic mass is 10.2. The molecular weight excluding hydrogens is 298 g/mol. The van der Waals surface area contributed by atoms with Gasteiger partial charge in [-0.2, -0.15) is 0 Å². The molecule has 1 N–H and O–H groups in total. The number of aromatic nitrogens is 3. The summed E-state index contributed by atoms with van der Waals surface area (Å²) in [7, 11) is 0. The third kappa shape index (κ3) is 3.68. The Morgan fingerprint density at radius 1 is 0.958 bits per heavy atom. The highest BCUT2D eigenvalue weighted by atomic mass is 15.1. The average Bonchev–Trinajstić information content (AvgIpc) is 2.65. The van der Waals surface area contributed by atoms with Crippen LogP contribution in [0.5, 0.6) is 0 Å². The van der Waals surface area contributed by atoms with Crippen LogP contribution in [0.2, 0.25) is 0 Å². The largest absolute Gasteiger partial charge is 0.368 e. The zero-order chi connectivity index (χ0) is 16.8. The van der Waals surface area contributed by atoms with Gasteiger partial charge in [-0.25, -0.2) is 4.98 Å². The fourth-order valence-electron chi connectivity index (χ4n) is 2.73. The summed E-state index contributed by atoms with van der Waals surface area (Å²) < 4.78 is 0. The van der Waals surface area contributed by atoms with Gasteiger partial charge in [0.2, 0.25) is 0 Å². The lowest BCUT2D eigenvalue weighted by Crippen LogP contribution is -2.28. The lowest BCUT2D eigenvalue weighted by molar-refractivity contribution is 0.316. The first-order valence-electron chi connectivity index (χ1n) is 8.45. The van der Waals surface area contributed by atoms with Crippen LogP contribution in [0.15, 0.2) is 48.8 Å². The van der Waals surface area contributed by atoms with Gasteiger partial charge in [0.25, 0.3) is 0 Å². The van der Waals surface area contributed by atoms with Crippen LogP contribution < -0.4 is 5.32 Å². The number of nitrogens with one attached hydrogen (secondary N) is 1. The smallest absolute Gasteiger partial charge is 0.136 e. The second-order valence-electron chi connectivity index (χ2n) is 5.59. The van der Waals surface area contributed by atoms with E-state index >= 15 is 0 Å². The Hall–Kier alpha value is -2.53. The number of hydrogen-bond acceptors (Lipinski definition) is 5. The van der Waals surface area contributed by atoms with Crippen molar-refractivity contribution in [3.8, 4) is 11.4 Å². The molecule has 0 aromatic carbocycles. The molecule has 0 radical (unpaired) electrons. The van der Waals surface area contributed by atoms with E-state index in [2.05, 4.69) is 40.1 Å². The summed E-state index contributed by atoms with van der Waals surface area (Å²) in [5.74, 6) is 0.869. The molecule has 0 aliphatic heterocycles. The van der Waals surface area contributed by atoms with Crippen LogP contribution in [0.1, 0.15) is 13.8 Å². The summed E-state index contributed by atoms with van der Waals surface area (Å²) in [6.07, 6.45) is 3.59. The Balaban J connectivity index is 1.90. The van der Waals surface area contributed by atoms with E-state index in [-0.39, 0.29) is 0 Å². The van der Waals surface area contributed by atoms with Crippen LogP contribution in [0.25, 0.3) is 22.3 Å². The molecule has 3 rings (SSSR count). The molecule has 0 aliphatic carbocycles. The SMILES string of the molecule is CCN(CC)CCNc1nc(-c2ccccn2)cc2ncccc12. The Morgan fingerprint density at radius 2 is 1.79 bits per heavy atom. The van der Waals surface area contributed by atoms with E-state index in [4.69, 9.17) is 4.98 Å². The first-order valence-corrected chi connectivity index (χ1v) is 8.45. The molecule has 0 unspecified atom stereocenters. The molecule has 3 heterocycles. The predicted octanol–water partition coefficient (Wildman–Crippen LogP) is 3.45. The zero-order valence-corrected chi connectivity index (χ0v) is 14.2. The molecule has 0 spiro atoms. The monoisotopic (exact) mass is 321 g/mol. The summed E-state index contributed by atoms with van der Waals surface area (Å²) >= 11 is 0. The summed E-state index contributed by atoms with van der Waals surface area (Å²) in [6, 6.07) is 11.8. The summed E-state index contributed by atoms with van der Waals surface area (Å²) in [6.45, 7) is 8.32. The molecule has 3 aromatic rings. The number of anilines is 1. The van der Waals surface area contributed by atoms with Gasteiger partial charge in [-0.15, -0.1) is 0 Å². The molecule has 0 bridgehead atoms. The van der Waals surface area contributed by atoms with Crippen molar-refractivity contribution in [1.82, 2.24) is 19.9 Å². The van der Waals surface area contributed by atoms with Crippen molar-refractivity contribution < 1.29 is 0 Å². The van der Waals surface area contributed by atoms with Crippen molar-refractivity contribution in [2.45, 2.75) is 13.8 Å². The average molecular weight is 321 g/mol. The van der Waals surface area contributed by atoms with E-state index in [1.807, 2.05) is 36.5 Å². The molecule has 0 aliphatic rings. The molecule has 124 valence electrons. The van der Waals surface area contributed by atoms with Crippen molar-refractivity contribution in [3.63, 3.8) is 0 Å². The van der Waals surface area contributed by atoms with Crippen LogP contribution in [0, 0.1) is 0 Å². The van der Waals surface area contributed by atoms with Gasteiger partial charge in [-0.3, -0.25) is 9.97 Å². The molecule has 0 saturated heterocycles. The Kier molecular flexibility index (Phi) is 5.33. The molecule has 0 saturated carbocycles. The van der Waals surface area contributed by atoms with Gasteiger partial charge in [-0.1, -0.05) is 19.9 Å². The fourth-order valence-corrected chi connectivity index (χ4v) is 2.73. The summed E-state index contributed by atoms with van der Waals surface area (Å²) in [5, 5.41) is 4.52. The first-order chi connectivity index (χ1) is 11.8. The van der Waals surface area contributed by atoms with Gasteiger partial charge in [0, 0.05) is 30.9 Å². The maximum atomic E-state index is 4.79. The Labute approximate surface area is 142 Å². The van der Waals surface area contributed by atoms with Crippen LogP contribution in [-0.2, 0) is 0 Å². The minimum absolute atomic E-state index is 0.840. The molecule has 0 amide bonds. The van der Waals surface area contributed by atoms with Gasteiger partial charge < -0.3 is 10.2 Å². The number of nitrogens with zero attached hydrogens (tertiary/aromatic N) is 4. The fraction of sp³-hybridized carbons (Fsp3) is 0.316. The highest BCUT2D eigenvalue weighted by molar-refractivity contribution is 5.91. The zero-order valence-electron chi connectivity index (χ0n) is 14.2. The van der Waals surface area contributed by atoms with E-state index in [1.165, 1.54) is 0 Å². The molecule has 3 aromatic heterocycles. The number of pyridine rings is 3. The molecule has 24 heavy (non-hydrogen) atoms. The normalized spacial score (nSPS) is 11.1. The van der Waals surface area contributed by atoms with Crippen LogP contribution >= 0.6 is 0 Å². The van der Waals surface area contributed by atoms with Crippen LogP contribution in [0.3, 0.4) is 0 Å². The first kappa shape index (κ1) is 16.3.